The van der Waals surface area contributed by atoms with Gasteiger partial charge in [0.05, 0.1) is 10.5 Å². The maximum atomic E-state index is 12.1. The first-order chi connectivity index (χ1) is 13.3. The molecule has 1 aliphatic rings. The summed E-state index contributed by atoms with van der Waals surface area (Å²) < 4.78 is 11.0. The van der Waals surface area contributed by atoms with Crippen LogP contribution >= 0.6 is 11.6 Å². The number of hydrazone groups is 1. The number of hydrogen-bond acceptors (Lipinski definition) is 7. The van der Waals surface area contributed by atoms with Crippen LogP contribution in [0.25, 0.3) is 0 Å². The van der Waals surface area contributed by atoms with Crippen LogP contribution in [-0.4, -0.2) is 27.7 Å². The minimum absolute atomic E-state index is 0.0135. The molecule has 0 saturated heterocycles. The van der Waals surface area contributed by atoms with Crippen LogP contribution in [0.4, 0.5) is 5.69 Å². The number of nitrogens with zero attached hydrogens (tertiary/aromatic N) is 3. The lowest BCUT2D eigenvalue weighted by atomic mass is 10.1. The molecule has 0 aromatic heterocycles. The van der Waals surface area contributed by atoms with Crippen molar-refractivity contribution in [3.8, 4) is 5.75 Å². The highest BCUT2D eigenvalue weighted by Gasteiger charge is 2.36. The minimum atomic E-state index is -1.11. The standard InChI is InChI=1S/C18H14ClN3O6/c1-10(23)21-18(14-9-12(22(25)26)7-8-15(14)19)28-17(20-21)13-5-3-4-6-16(13)27-11(2)24/h3-9,18H,1-2H3/t18-/m1/s1. The van der Waals surface area contributed by atoms with E-state index in [0.29, 0.717) is 5.56 Å². The van der Waals surface area contributed by atoms with Crippen LogP contribution in [-0.2, 0) is 14.3 Å². The first kappa shape index (κ1) is 19.3. The highest BCUT2D eigenvalue weighted by molar-refractivity contribution is 6.31. The predicted octanol–water partition coefficient (Wildman–Crippen LogP) is 3.41. The largest absolute Gasteiger partial charge is 0.446 e. The fourth-order valence-electron chi connectivity index (χ4n) is 2.60. The lowest BCUT2D eigenvalue weighted by molar-refractivity contribution is -0.385. The number of ether oxygens (including phenoxy) is 2. The molecule has 2 aromatic rings. The van der Waals surface area contributed by atoms with Crippen molar-refractivity contribution in [2.45, 2.75) is 20.1 Å². The van der Waals surface area contributed by atoms with Crippen LogP contribution in [0, 0.1) is 10.1 Å². The third-order valence-electron chi connectivity index (χ3n) is 3.79. The van der Waals surface area contributed by atoms with Crippen molar-refractivity contribution in [1.82, 2.24) is 5.01 Å². The molecule has 1 aliphatic heterocycles. The van der Waals surface area contributed by atoms with Crippen molar-refractivity contribution < 1.29 is 24.0 Å². The Morgan fingerprint density at radius 2 is 1.96 bits per heavy atom. The molecular weight excluding hydrogens is 390 g/mol. The predicted molar refractivity (Wildman–Crippen MR) is 98.7 cm³/mol. The molecule has 0 unspecified atom stereocenters. The Balaban J connectivity index is 2.03. The Morgan fingerprint density at radius 3 is 2.61 bits per heavy atom. The summed E-state index contributed by atoms with van der Waals surface area (Å²) in [6, 6.07) is 10.3. The Labute approximate surface area is 164 Å². The second-order valence-corrected chi connectivity index (χ2v) is 6.20. The number of carbonyl (C=O) groups is 2. The van der Waals surface area contributed by atoms with Crippen molar-refractivity contribution in [1.29, 1.82) is 0 Å². The molecule has 2 aromatic carbocycles. The third-order valence-corrected chi connectivity index (χ3v) is 4.14. The minimum Gasteiger partial charge on any atom is -0.446 e. The van der Waals surface area contributed by atoms with Gasteiger partial charge in [0.15, 0.2) is 0 Å². The van der Waals surface area contributed by atoms with Crippen LogP contribution in [0.1, 0.15) is 31.2 Å². The summed E-state index contributed by atoms with van der Waals surface area (Å²) in [7, 11) is 0. The fraction of sp³-hybridized carbons (Fsp3) is 0.167. The molecule has 0 aliphatic carbocycles. The van der Waals surface area contributed by atoms with E-state index in [1.165, 1.54) is 32.0 Å². The van der Waals surface area contributed by atoms with Crippen molar-refractivity contribution in [3.05, 3.63) is 68.7 Å². The van der Waals surface area contributed by atoms with Gasteiger partial charge in [-0.05, 0) is 18.2 Å². The zero-order chi connectivity index (χ0) is 20.4. The van der Waals surface area contributed by atoms with E-state index in [0.717, 1.165) is 5.01 Å². The van der Waals surface area contributed by atoms with Gasteiger partial charge in [0.25, 0.3) is 5.69 Å². The number of esters is 1. The van der Waals surface area contributed by atoms with Crippen molar-refractivity contribution in [2.24, 2.45) is 5.10 Å². The van der Waals surface area contributed by atoms with E-state index in [9.17, 15) is 19.7 Å². The Bertz CT molecular complexity index is 1010. The average Bonchev–Trinajstić information content (AvgIpc) is 3.07. The summed E-state index contributed by atoms with van der Waals surface area (Å²) in [5, 5.41) is 16.4. The van der Waals surface area contributed by atoms with E-state index >= 15 is 0 Å². The second-order valence-electron chi connectivity index (χ2n) is 5.79. The number of para-hydroxylation sites is 1. The number of rotatable bonds is 4. The smallest absolute Gasteiger partial charge is 0.308 e. The van der Waals surface area contributed by atoms with Gasteiger partial charge >= 0.3 is 5.97 Å². The SMILES string of the molecule is CC(=O)Oc1ccccc1C1=NN(C(C)=O)[C@@H](c2cc([N+](=O)[O-])ccc2Cl)O1. The van der Waals surface area contributed by atoms with E-state index in [4.69, 9.17) is 21.1 Å². The van der Waals surface area contributed by atoms with E-state index in [-0.39, 0.29) is 27.9 Å². The summed E-state index contributed by atoms with van der Waals surface area (Å²) in [6.07, 6.45) is -1.11. The van der Waals surface area contributed by atoms with Gasteiger partial charge in [-0.2, -0.15) is 5.01 Å². The Kier molecular flexibility index (Phi) is 5.27. The van der Waals surface area contributed by atoms with E-state index in [2.05, 4.69) is 5.10 Å². The summed E-state index contributed by atoms with van der Waals surface area (Å²) in [4.78, 5) is 33.9. The van der Waals surface area contributed by atoms with Crippen LogP contribution in [0.3, 0.4) is 0 Å². The quantitative estimate of drug-likeness (QED) is 0.334. The Hall–Kier alpha value is -3.46. The molecule has 1 amide bonds. The van der Waals surface area contributed by atoms with Gasteiger partial charge in [-0.15, -0.1) is 5.10 Å². The normalized spacial score (nSPS) is 15.6. The first-order valence-corrected chi connectivity index (χ1v) is 8.42. The first-order valence-electron chi connectivity index (χ1n) is 8.04. The molecule has 0 bridgehead atoms. The van der Waals surface area contributed by atoms with Gasteiger partial charge in [0.2, 0.25) is 18.0 Å². The molecule has 0 saturated carbocycles. The number of nitro benzene ring substituents is 1. The van der Waals surface area contributed by atoms with Crippen LogP contribution in [0.5, 0.6) is 5.75 Å². The van der Waals surface area contributed by atoms with Gasteiger partial charge in [-0.3, -0.25) is 19.7 Å². The van der Waals surface area contributed by atoms with Crippen molar-refractivity contribution in [2.75, 3.05) is 0 Å². The molecule has 3 rings (SSSR count). The molecule has 10 heteroatoms. The molecule has 1 atom stereocenters. The van der Waals surface area contributed by atoms with Gasteiger partial charge in [0, 0.05) is 36.6 Å². The number of benzene rings is 2. The van der Waals surface area contributed by atoms with E-state index in [1.54, 1.807) is 24.3 Å². The average molecular weight is 404 g/mol. The fourth-order valence-corrected chi connectivity index (χ4v) is 2.81. The Morgan fingerprint density at radius 1 is 1.25 bits per heavy atom. The number of halogens is 1. The number of nitro groups is 1. The van der Waals surface area contributed by atoms with E-state index < -0.39 is 23.0 Å². The van der Waals surface area contributed by atoms with E-state index in [1.807, 2.05) is 0 Å². The maximum Gasteiger partial charge on any atom is 0.308 e. The summed E-state index contributed by atoms with van der Waals surface area (Å²) in [6.45, 7) is 2.52. The third kappa shape index (κ3) is 3.79. The molecule has 0 fully saturated rings. The summed E-state index contributed by atoms with van der Waals surface area (Å²) in [5.41, 5.74) is 0.336. The molecule has 144 valence electrons. The van der Waals surface area contributed by atoms with Gasteiger partial charge in [-0.25, -0.2) is 0 Å². The van der Waals surface area contributed by atoms with Crippen LogP contribution in [0.15, 0.2) is 47.6 Å². The number of hydrogen-bond donors (Lipinski definition) is 0. The molecule has 1 heterocycles. The lowest BCUT2D eigenvalue weighted by Crippen LogP contribution is -2.25. The van der Waals surface area contributed by atoms with Gasteiger partial charge in [-0.1, -0.05) is 23.7 Å². The maximum absolute atomic E-state index is 12.1. The molecule has 28 heavy (non-hydrogen) atoms. The van der Waals surface area contributed by atoms with Crippen molar-refractivity contribution >= 4 is 35.1 Å². The monoisotopic (exact) mass is 403 g/mol. The van der Waals surface area contributed by atoms with Gasteiger partial charge in [0.1, 0.15) is 5.75 Å². The number of carbonyl (C=O) groups excluding carboxylic acids is 2. The molecule has 9 nitrogen and oxygen atoms in total. The molecule has 0 spiro atoms. The summed E-state index contributed by atoms with van der Waals surface area (Å²) >= 11 is 6.18. The van der Waals surface area contributed by atoms with Gasteiger partial charge < -0.3 is 9.47 Å². The van der Waals surface area contributed by atoms with Crippen molar-refractivity contribution in [3.63, 3.8) is 0 Å². The molecular formula is C18H14ClN3O6. The second kappa shape index (κ2) is 7.65. The molecule has 0 radical (unpaired) electrons. The lowest BCUT2D eigenvalue weighted by Gasteiger charge is -2.20. The highest BCUT2D eigenvalue weighted by atomic mass is 35.5. The zero-order valence-corrected chi connectivity index (χ0v) is 15.5. The van der Waals surface area contributed by atoms with Crippen LogP contribution in [0.2, 0.25) is 5.02 Å². The topological polar surface area (TPSA) is 111 Å². The number of non-ortho nitro benzene ring substituents is 1. The number of amides is 1. The molecule has 0 N–H and O–H groups in total. The zero-order valence-electron chi connectivity index (χ0n) is 14.8. The van der Waals surface area contributed by atoms with Crippen LogP contribution < -0.4 is 4.74 Å². The summed E-state index contributed by atoms with van der Waals surface area (Å²) in [5.74, 6) is -0.789. The highest BCUT2D eigenvalue weighted by Crippen LogP contribution is 2.37.